The second-order valence-electron chi connectivity index (χ2n) is 8.52. The van der Waals surface area contributed by atoms with E-state index >= 15 is 0 Å². The average molecular weight is 492 g/mol. The van der Waals surface area contributed by atoms with Crippen molar-refractivity contribution in [2.75, 3.05) is 39.4 Å². The van der Waals surface area contributed by atoms with Gasteiger partial charge in [0.2, 0.25) is 15.9 Å². The number of nitrogens with zero attached hydrogens (tertiary/aromatic N) is 2. The predicted molar refractivity (Wildman–Crippen MR) is 128 cm³/mol. The Bertz CT molecular complexity index is 1070. The number of amides is 1. The van der Waals surface area contributed by atoms with Crippen molar-refractivity contribution in [1.29, 1.82) is 0 Å². The van der Waals surface area contributed by atoms with Crippen molar-refractivity contribution in [3.8, 4) is 0 Å². The molecule has 2 atom stereocenters. The molecular formula is C24H30ClN3O4S. The van der Waals surface area contributed by atoms with Crippen LogP contribution in [0.4, 0.5) is 0 Å². The van der Waals surface area contributed by atoms with Crippen LogP contribution in [0.15, 0.2) is 53.4 Å². The molecule has 1 unspecified atom stereocenters. The van der Waals surface area contributed by atoms with Gasteiger partial charge in [0, 0.05) is 31.2 Å². The summed E-state index contributed by atoms with van der Waals surface area (Å²) >= 11 is 6.48. The molecular weight excluding hydrogens is 462 g/mol. The Morgan fingerprint density at radius 1 is 1.12 bits per heavy atom. The highest BCUT2D eigenvalue weighted by Crippen LogP contribution is 2.29. The summed E-state index contributed by atoms with van der Waals surface area (Å²) in [5.41, 5.74) is 1.93. The number of benzene rings is 2. The third kappa shape index (κ3) is 5.41. The van der Waals surface area contributed by atoms with Gasteiger partial charge >= 0.3 is 0 Å². The van der Waals surface area contributed by atoms with Crippen LogP contribution >= 0.6 is 11.6 Å². The normalized spacial score (nSPS) is 21.1. The molecule has 1 N–H and O–H groups in total. The lowest BCUT2D eigenvalue weighted by Crippen LogP contribution is -2.49. The van der Waals surface area contributed by atoms with Crippen LogP contribution in [0.5, 0.6) is 0 Å². The Labute approximate surface area is 200 Å². The number of ether oxygens (including phenoxy) is 1. The van der Waals surface area contributed by atoms with Crippen molar-refractivity contribution in [2.24, 2.45) is 0 Å². The van der Waals surface area contributed by atoms with Crippen molar-refractivity contribution < 1.29 is 17.9 Å². The highest BCUT2D eigenvalue weighted by atomic mass is 35.5. The summed E-state index contributed by atoms with van der Waals surface area (Å²) in [6.45, 7) is 5.32. The van der Waals surface area contributed by atoms with E-state index in [0.29, 0.717) is 44.2 Å². The predicted octanol–water partition coefficient (Wildman–Crippen LogP) is 2.99. The van der Waals surface area contributed by atoms with Gasteiger partial charge in [0.15, 0.2) is 0 Å². The molecule has 2 saturated heterocycles. The van der Waals surface area contributed by atoms with Gasteiger partial charge in [-0.1, -0.05) is 47.5 Å². The molecule has 33 heavy (non-hydrogen) atoms. The minimum absolute atomic E-state index is 0.116. The molecule has 0 saturated carbocycles. The molecule has 0 aromatic heterocycles. The first kappa shape index (κ1) is 24.2. The molecule has 178 valence electrons. The number of morpholine rings is 1. The van der Waals surface area contributed by atoms with Crippen molar-refractivity contribution >= 4 is 27.5 Å². The zero-order valence-corrected chi connectivity index (χ0v) is 20.3. The first-order valence-electron chi connectivity index (χ1n) is 11.3. The summed E-state index contributed by atoms with van der Waals surface area (Å²) in [5, 5.41) is 3.67. The van der Waals surface area contributed by atoms with Crippen LogP contribution in [0.1, 0.15) is 30.0 Å². The number of sulfonamides is 1. The lowest BCUT2D eigenvalue weighted by molar-refractivity contribution is -0.124. The molecule has 4 rings (SSSR count). The van der Waals surface area contributed by atoms with E-state index in [1.54, 1.807) is 24.3 Å². The van der Waals surface area contributed by atoms with Gasteiger partial charge in [0.1, 0.15) is 6.04 Å². The summed E-state index contributed by atoms with van der Waals surface area (Å²) in [4.78, 5) is 15.7. The molecule has 0 aliphatic carbocycles. The van der Waals surface area contributed by atoms with E-state index in [9.17, 15) is 13.2 Å². The van der Waals surface area contributed by atoms with Gasteiger partial charge in [-0.15, -0.1) is 0 Å². The van der Waals surface area contributed by atoms with Crippen LogP contribution in [0, 0.1) is 6.92 Å². The largest absolute Gasteiger partial charge is 0.379 e. The van der Waals surface area contributed by atoms with E-state index in [1.807, 2.05) is 31.2 Å². The first-order valence-corrected chi connectivity index (χ1v) is 13.1. The van der Waals surface area contributed by atoms with E-state index in [0.717, 1.165) is 24.2 Å². The molecule has 1 amide bonds. The Balaban J connectivity index is 1.49. The fourth-order valence-electron chi connectivity index (χ4n) is 4.52. The minimum atomic E-state index is -3.74. The maximum atomic E-state index is 13.2. The summed E-state index contributed by atoms with van der Waals surface area (Å²) in [7, 11) is -3.74. The molecule has 2 heterocycles. The van der Waals surface area contributed by atoms with Crippen LogP contribution in [0.25, 0.3) is 0 Å². The highest BCUT2D eigenvalue weighted by Gasteiger charge is 2.39. The molecule has 2 aromatic rings. The van der Waals surface area contributed by atoms with Gasteiger partial charge < -0.3 is 10.1 Å². The quantitative estimate of drug-likeness (QED) is 0.644. The van der Waals surface area contributed by atoms with Crippen molar-refractivity contribution in [1.82, 2.24) is 14.5 Å². The van der Waals surface area contributed by atoms with Crippen molar-refractivity contribution in [2.45, 2.75) is 36.7 Å². The third-order valence-corrected chi connectivity index (χ3v) is 8.62. The van der Waals surface area contributed by atoms with E-state index < -0.39 is 16.1 Å². The monoisotopic (exact) mass is 491 g/mol. The fourth-order valence-corrected chi connectivity index (χ4v) is 6.44. The van der Waals surface area contributed by atoms with Crippen LogP contribution in [0.2, 0.25) is 5.02 Å². The molecule has 2 aliphatic heterocycles. The summed E-state index contributed by atoms with van der Waals surface area (Å²) in [6, 6.07) is 13.5. The number of carbonyl (C=O) groups is 1. The number of halogens is 1. The molecule has 0 bridgehead atoms. The first-order chi connectivity index (χ1) is 15.9. The number of nitrogens with one attached hydrogen (secondary N) is 1. The van der Waals surface area contributed by atoms with Crippen molar-refractivity contribution in [3.05, 3.63) is 64.7 Å². The molecule has 9 heteroatoms. The number of hydrogen-bond donors (Lipinski definition) is 1. The van der Waals surface area contributed by atoms with Gasteiger partial charge in [0.25, 0.3) is 0 Å². The second-order valence-corrected chi connectivity index (χ2v) is 10.8. The molecule has 2 aliphatic rings. The van der Waals surface area contributed by atoms with Crippen LogP contribution in [0.3, 0.4) is 0 Å². The topological polar surface area (TPSA) is 79.0 Å². The van der Waals surface area contributed by atoms with Crippen LogP contribution < -0.4 is 5.32 Å². The molecule has 2 aromatic carbocycles. The van der Waals surface area contributed by atoms with Gasteiger partial charge in [-0.25, -0.2) is 8.42 Å². The van der Waals surface area contributed by atoms with E-state index in [-0.39, 0.29) is 16.8 Å². The van der Waals surface area contributed by atoms with E-state index in [4.69, 9.17) is 16.3 Å². The highest BCUT2D eigenvalue weighted by molar-refractivity contribution is 7.89. The second kappa shape index (κ2) is 10.5. The Kier molecular flexibility index (Phi) is 7.71. The van der Waals surface area contributed by atoms with Crippen LogP contribution in [-0.2, 0) is 19.6 Å². The standard InChI is InChI=1S/C24H30ClN3O4S/c1-18-8-10-19(11-9-18)33(30,31)28-12-4-7-22(28)24(29)26-17-23(27-13-15-32-16-14-27)20-5-2-3-6-21(20)25/h2-3,5-6,8-11,22-23H,4,7,12-17H2,1H3,(H,26,29)/t22-,23?/m0/s1. The summed E-state index contributed by atoms with van der Waals surface area (Å²) in [6.07, 6.45) is 1.16. The maximum Gasteiger partial charge on any atom is 0.243 e. The summed E-state index contributed by atoms with van der Waals surface area (Å²) in [5.74, 6) is -0.270. The Morgan fingerprint density at radius 2 is 1.82 bits per heavy atom. The van der Waals surface area contributed by atoms with Crippen molar-refractivity contribution in [3.63, 3.8) is 0 Å². The zero-order valence-electron chi connectivity index (χ0n) is 18.7. The van der Waals surface area contributed by atoms with Gasteiger partial charge in [-0.2, -0.15) is 4.31 Å². The molecule has 2 fully saturated rings. The molecule has 0 spiro atoms. The average Bonchev–Trinajstić information content (AvgIpc) is 3.32. The van der Waals surface area contributed by atoms with Crippen LogP contribution in [-0.4, -0.2) is 69.0 Å². The Morgan fingerprint density at radius 3 is 2.52 bits per heavy atom. The molecule has 7 nitrogen and oxygen atoms in total. The zero-order chi connectivity index (χ0) is 23.4. The van der Waals surface area contributed by atoms with E-state index in [1.165, 1.54) is 4.31 Å². The number of carbonyl (C=O) groups excluding carboxylic acids is 1. The van der Waals surface area contributed by atoms with Gasteiger partial charge in [-0.05, 0) is 43.5 Å². The minimum Gasteiger partial charge on any atom is -0.379 e. The Hall–Kier alpha value is -1.97. The number of rotatable bonds is 7. The lowest BCUT2D eigenvalue weighted by Gasteiger charge is -2.35. The van der Waals surface area contributed by atoms with E-state index in [2.05, 4.69) is 10.2 Å². The molecule has 0 radical (unpaired) electrons. The third-order valence-electron chi connectivity index (χ3n) is 6.35. The fraction of sp³-hybridized carbons (Fsp3) is 0.458. The number of aryl methyl sites for hydroxylation is 1. The maximum absolute atomic E-state index is 13.2. The van der Waals surface area contributed by atoms with Gasteiger partial charge in [-0.3, -0.25) is 9.69 Å². The smallest absolute Gasteiger partial charge is 0.243 e. The van der Waals surface area contributed by atoms with Gasteiger partial charge in [0.05, 0.1) is 24.2 Å². The SMILES string of the molecule is Cc1ccc(S(=O)(=O)N2CCC[C@H]2C(=O)NCC(c2ccccc2Cl)N2CCOCC2)cc1. The number of hydrogen-bond acceptors (Lipinski definition) is 5. The lowest BCUT2D eigenvalue weighted by atomic mass is 10.0. The summed E-state index contributed by atoms with van der Waals surface area (Å²) < 4.78 is 33.3.